The number of hydrogen-bond donors (Lipinski definition) is 1. The van der Waals surface area contributed by atoms with E-state index < -0.39 is 6.04 Å². The van der Waals surface area contributed by atoms with Crippen molar-refractivity contribution in [2.45, 2.75) is 25.4 Å². The van der Waals surface area contributed by atoms with Crippen LogP contribution in [0.25, 0.3) is 0 Å². The Morgan fingerprint density at radius 3 is 2.95 bits per heavy atom. The molecule has 112 valence electrons. The fourth-order valence-electron chi connectivity index (χ4n) is 2.58. The minimum absolute atomic E-state index is 0.253. The number of esters is 1. The molecule has 1 aromatic carbocycles. The topological polar surface area (TPSA) is 71.4 Å². The molecule has 5 nitrogen and oxygen atoms in total. The lowest BCUT2D eigenvalue weighted by atomic mass is 9.94. The van der Waals surface area contributed by atoms with Crippen LogP contribution in [0.15, 0.2) is 22.7 Å². The molecule has 6 heteroatoms. The first-order chi connectivity index (χ1) is 10.1. The van der Waals surface area contributed by atoms with Gasteiger partial charge in [0.15, 0.2) is 0 Å². The normalized spacial score (nSPS) is 24.4. The summed E-state index contributed by atoms with van der Waals surface area (Å²) in [6.45, 7) is 2.10. The standard InChI is InChI=1S/C15H17BrN2O3/c1-3-21-15(19)12-6-9(8-17)14(18-12)11-7-10(16)4-5-13(11)20-2/h4-5,7,9,12,14,18H,3,6H2,1-2H3. The Morgan fingerprint density at radius 1 is 1.57 bits per heavy atom. The average Bonchev–Trinajstić information content (AvgIpc) is 2.91. The van der Waals surface area contributed by atoms with Crippen molar-refractivity contribution in [3.63, 3.8) is 0 Å². The highest BCUT2D eigenvalue weighted by molar-refractivity contribution is 9.10. The Morgan fingerprint density at radius 2 is 2.33 bits per heavy atom. The maximum Gasteiger partial charge on any atom is 0.323 e. The lowest BCUT2D eigenvalue weighted by Gasteiger charge is -2.18. The highest BCUT2D eigenvalue weighted by Crippen LogP contribution is 2.38. The summed E-state index contributed by atoms with van der Waals surface area (Å²) >= 11 is 3.43. The second kappa shape index (κ2) is 6.92. The van der Waals surface area contributed by atoms with Crippen molar-refractivity contribution in [1.29, 1.82) is 5.26 Å². The van der Waals surface area contributed by atoms with Crippen LogP contribution in [0.1, 0.15) is 24.9 Å². The van der Waals surface area contributed by atoms with Gasteiger partial charge in [0, 0.05) is 10.0 Å². The number of carbonyl (C=O) groups excluding carboxylic acids is 1. The van der Waals surface area contributed by atoms with Crippen LogP contribution >= 0.6 is 15.9 Å². The van der Waals surface area contributed by atoms with Crippen LogP contribution in [0.5, 0.6) is 5.75 Å². The summed E-state index contributed by atoms with van der Waals surface area (Å²) in [6.07, 6.45) is 0.440. The Balaban J connectivity index is 2.28. The molecule has 0 radical (unpaired) electrons. The van der Waals surface area contributed by atoms with Crippen LogP contribution in [0.4, 0.5) is 0 Å². The van der Waals surface area contributed by atoms with Crippen molar-refractivity contribution in [3.8, 4) is 11.8 Å². The van der Waals surface area contributed by atoms with Crippen molar-refractivity contribution in [1.82, 2.24) is 5.32 Å². The first-order valence-corrected chi connectivity index (χ1v) is 7.55. The predicted octanol–water partition coefficient (Wildman–Crippen LogP) is 2.56. The molecular weight excluding hydrogens is 336 g/mol. The molecule has 1 heterocycles. The quantitative estimate of drug-likeness (QED) is 0.843. The molecule has 0 spiro atoms. The van der Waals surface area contributed by atoms with E-state index >= 15 is 0 Å². The number of methoxy groups -OCH3 is 1. The minimum Gasteiger partial charge on any atom is -0.496 e. The van der Waals surface area contributed by atoms with E-state index in [2.05, 4.69) is 27.3 Å². The number of halogens is 1. The lowest BCUT2D eigenvalue weighted by molar-refractivity contribution is -0.145. The fraction of sp³-hybridized carbons (Fsp3) is 0.467. The Labute approximate surface area is 132 Å². The van der Waals surface area contributed by atoms with Crippen molar-refractivity contribution >= 4 is 21.9 Å². The second-order valence-corrected chi connectivity index (χ2v) is 5.72. The Bertz CT molecular complexity index is 571. The van der Waals surface area contributed by atoms with Gasteiger partial charge in [0.1, 0.15) is 11.8 Å². The van der Waals surface area contributed by atoms with Crippen molar-refractivity contribution < 1.29 is 14.3 Å². The number of nitrogens with one attached hydrogen (secondary N) is 1. The van der Waals surface area contributed by atoms with Crippen LogP contribution in [0, 0.1) is 17.2 Å². The van der Waals surface area contributed by atoms with E-state index in [0.717, 1.165) is 10.0 Å². The predicted molar refractivity (Wildman–Crippen MR) is 80.7 cm³/mol. The molecule has 1 aromatic rings. The molecule has 1 aliphatic rings. The maximum absolute atomic E-state index is 11.9. The summed E-state index contributed by atoms with van der Waals surface area (Å²) in [5, 5.41) is 12.6. The molecule has 1 aliphatic heterocycles. The van der Waals surface area contributed by atoms with E-state index in [4.69, 9.17) is 9.47 Å². The van der Waals surface area contributed by atoms with E-state index in [0.29, 0.717) is 18.8 Å². The zero-order chi connectivity index (χ0) is 15.4. The first-order valence-electron chi connectivity index (χ1n) is 6.76. The van der Waals surface area contributed by atoms with Gasteiger partial charge in [-0.2, -0.15) is 5.26 Å². The summed E-state index contributed by atoms with van der Waals surface area (Å²) in [4.78, 5) is 11.9. The molecule has 1 N–H and O–H groups in total. The van der Waals surface area contributed by atoms with Gasteiger partial charge in [-0.25, -0.2) is 0 Å². The van der Waals surface area contributed by atoms with Gasteiger partial charge in [0.05, 0.1) is 31.7 Å². The molecule has 0 aromatic heterocycles. The zero-order valence-corrected chi connectivity index (χ0v) is 13.5. The highest BCUT2D eigenvalue weighted by Gasteiger charge is 2.40. The molecule has 1 fully saturated rings. The third-order valence-corrected chi connectivity index (χ3v) is 4.03. The van der Waals surface area contributed by atoms with Gasteiger partial charge >= 0.3 is 5.97 Å². The zero-order valence-electron chi connectivity index (χ0n) is 11.9. The molecule has 0 saturated carbocycles. The van der Waals surface area contributed by atoms with E-state index in [1.54, 1.807) is 14.0 Å². The summed E-state index contributed by atoms with van der Waals surface area (Å²) in [7, 11) is 1.59. The van der Waals surface area contributed by atoms with Crippen LogP contribution in [-0.4, -0.2) is 25.7 Å². The summed E-state index contributed by atoms with van der Waals surface area (Å²) in [5.74, 6) is 0.0808. The fourth-order valence-corrected chi connectivity index (χ4v) is 2.96. The van der Waals surface area contributed by atoms with Gasteiger partial charge in [-0.15, -0.1) is 0 Å². The number of ether oxygens (including phenoxy) is 2. The van der Waals surface area contributed by atoms with Gasteiger partial charge in [-0.05, 0) is 31.5 Å². The Hall–Kier alpha value is -1.58. The molecule has 21 heavy (non-hydrogen) atoms. The third-order valence-electron chi connectivity index (χ3n) is 3.54. The highest BCUT2D eigenvalue weighted by atomic mass is 79.9. The molecule has 0 amide bonds. The molecule has 3 unspecified atom stereocenters. The molecular formula is C15H17BrN2O3. The van der Waals surface area contributed by atoms with Gasteiger partial charge in [-0.3, -0.25) is 10.1 Å². The SMILES string of the molecule is CCOC(=O)C1CC(C#N)C(c2cc(Br)ccc2OC)N1. The summed E-state index contributed by atoms with van der Waals surface area (Å²) < 4.78 is 11.3. The van der Waals surface area contributed by atoms with Crippen LogP contribution in [0.3, 0.4) is 0 Å². The Kier molecular flexibility index (Phi) is 5.21. The lowest BCUT2D eigenvalue weighted by Crippen LogP contribution is -2.33. The van der Waals surface area contributed by atoms with E-state index in [-0.39, 0.29) is 17.9 Å². The number of nitriles is 1. The van der Waals surface area contributed by atoms with Gasteiger partial charge in [0.2, 0.25) is 0 Å². The van der Waals surface area contributed by atoms with Crippen LogP contribution in [0.2, 0.25) is 0 Å². The van der Waals surface area contributed by atoms with Gasteiger partial charge in [0.25, 0.3) is 0 Å². The van der Waals surface area contributed by atoms with Crippen molar-refractivity contribution in [2.24, 2.45) is 5.92 Å². The molecule has 0 bridgehead atoms. The van der Waals surface area contributed by atoms with Crippen LogP contribution < -0.4 is 10.1 Å². The van der Waals surface area contributed by atoms with E-state index in [1.165, 1.54) is 0 Å². The molecule has 1 saturated heterocycles. The summed E-state index contributed by atoms with van der Waals surface area (Å²) in [5.41, 5.74) is 0.866. The van der Waals surface area contributed by atoms with Crippen molar-refractivity contribution in [2.75, 3.05) is 13.7 Å². The second-order valence-electron chi connectivity index (χ2n) is 4.81. The van der Waals surface area contributed by atoms with E-state index in [9.17, 15) is 10.1 Å². The van der Waals surface area contributed by atoms with Crippen LogP contribution in [-0.2, 0) is 9.53 Å². The smallest absolute Gasteiger partial charge is 0.323 e. The number of benzene rings is 1. The molecule has 3 atom stereocenters. The monoisotopic (exact) mass is 352 g/mol. The van der Waals surface area contributed by atoms with Gasteiger partial charge in [-0.1, -0.05) is 15.9 Å². The minimum atomic E-state index is -0.455. The van der Waals surface area contributed by atoms with Gasteiger partial charge < -0.3 is 9.47 Å². The molecule has 0 aliphatic carbocycles. The van der Waals surface area contributed by atoms with E-state index in [1.807, 2.05) is 18.2 Å². The number of nitrogens with zero attached hydrogens (tertiary/aromatic N) is 1. The summed E-state index contributed by atoms with van der Waals surface area (Å²) in [6, 6.07) is 7.19. The number of rotatable bonds is 4. The maximum atomic E-state index is 11.9. The van der Waals surface area contributed by atoms with Crippen molar-refractivity contribution in [3.05, 3.63) is 28.2 Å². The molecule has 2 rings (SSSR count). The first kappa shape index (κ1) is 15.8. The largest absolute Gasteiger partial charge is 0.496 e. The third kappa shape index (κ3) is 3.36. The number of carbonyl (C=O) groups is 1. The number of hydrogen-bond acceptors (Lipinski definition) is 5. The average molecular weight is 353 g/mol.